The van der Waals surface area contributed by atoms with Gasteiger partial charge in [-0.3, -0.25) is 9.69 Å². The molecule has 1 aliphatic rings. The van der Waals surface area contributed by atoms with Gasteiger partial charge in [0, 0.05) is 31.7 Å². The fraction of sp³-hybridized carbons (Fsp3) is 0.692. The fourth-order valence-corrected chi connectivity index (χ4v) is 2.44. The predicted molar refractivity (Wildman–Crippen MR) is 68.2 cm³/mol. The van der Waals surface area contributed by atoms with Crippen LogP contribution in [0, 0.1) is 6.92 Å². The minimum Gasteiger partial charge on any atom is -0.361 e. The quantitative estimate of drug-likeness (QED) is 0.806. The molecule has 100 valence electrons. The zero-order valence-electron chi connectivity index (χ0n) is 11.3. The van der Waals surface area contributed by atoms with Crippen molar-refractivity contribution < 1.29 is 9.32 Å². The third-order valence-electron chi connectivity index (χ3n) is 3.48. The molecular weight excluding hydrogens is 230 g/mol. The summed E-state index contributed by atoms with van der Waals surface area (Å²) in [5.74, 6) is 0.789. The van der Waals surface area contributed by atoms with Crippen molar-refractivity contribution >= 4 is 5.91 Å². The summed E-state index contributed by atoms with van der Waals surface area (Å²) < 4.78 is 5.10. The maximum absolute atomic E-state index is 12.2. The van der Waals surface area contributed by atoms with E-state index in [-0.39, 0.29) is 11.9 Å². The number of hydrogen-bond donors (Lipinski definition) is 0. The Kier molecular flexibility index (Phi) is 4.01. The summed E-state index contributed by atoms with van der Waals surface area (Å²) in [5, 5.41) is 3.81. The molecular formula is C13H21N3O2. The Balaban J connectivity index is 1.93. The van der Waals surface area contributed by atoms with Crippen molar-refractivity contribution in [1.29, 1.82) is 0 Å². The van der Waals surface area contributed by atoms with Gasteiger partial charge in [0.2, 0.25) is 5.91 Å². The van der Waals surface area contributed by atoms with Gasteiger partial charge in [0.05, 0.1) is 12.1 Å². The molecule has 1 atom stereocenters. The molecule has 0 aromatic carbocycles. The number of likely N-dealkylation sites (N-methyl/N-ethyl adjacent to an activating group) is 1. The van der Waals surface area contributed by atoms with E-state index in [1.807, 2.05) is 17.9 Å². The fourth-order valence-electron chi connectivity index (χ4n) is 2.44. The summed E-state index contributed by atoms with van der Waals surface area (Å²) in [5.41, 5.74) is 0.821. The summed E-state index contributed by atoms with van der Waals surface area (Å²) in [6.07, 6.45) is 0.317. The molecule has 1 unspecified atom stereocenters. The van der Waals surface area contributed by atoms with Crippen LogP contribution in [0.3, 0.4) is 0 Å². The van der Waals surface area contributed by atoms with Crippen LogP contribution in [0.2, 0.25) is 0 Å². The SMILES string of the molecule is CCN1CCN(C(=O)Cc2cc(C)no2)C(C)C1. The van der Waals surface area contributed by atoms with E-state index in [1.54, 1.807) is 0 Å². The number of carbonyl (C=O) groups is 1. The van der Waals surface area contributed by atoms with Crippen molar-refractivity contribution in [3.63, 3.8) is 0 Å². The van der Waals surface area contributed by atoms with E-state index in [0.29, 0.717) is 12.2 Å². The number of nitrogens with zero attached hydrogens (tertiary/aromatic N) is 3. The molecule has 1 aliphatic heterocycles. The van der Waals surface area contributed by atoms with Crippen LogP contribution < -0.4 is 0 Å². The Morgan fingerprint density at radius 3 is 2.89 bits per heavy atom. The third-order valence-corrected chi connectivity index (χ3v) is 3.48. The molecule has 1 aromatic rings. The van der Waals surface area contributed by atoms with Gasteiger partial charge in [-0.15, -0.1) is 0 Å². The van der Waals surface area contributed by atoms with Crippen LogP contribution in [0.15, 0.2) is 10.6 Å². The summed E-state index contributed by atoms with van der Waals surface area (Å²) in [4.78, 5) is 16.5. The average molecular weight is 251 g/mol. The molecule has 1 amide bonds. The van der Waals surface area contributed by atoms with Gasteiger partial charge >= 0.3 is 0 Å². The molecule has 0 N–H and O–H groups in total. The van der Waals surface area contributed by atoms with Gasteiger partial charge in [-0.25, -0.2) is 0 Å². The van der Waals surface area contributed by atoms with Gasteiger partial charge < -0.3 is 9.42 Å². The average Bonchev–Trinajstić information content (AvgIpc) is 2.74. The second-order valence-corrected chi connectivity index (χ2v) is 4.94. The van der Waals surface area contributed by atoms with Crippen molar-refractivity contribution in [1.82, 2.24) is 15.0 Å². The zero-order chi connectivity index (χ0) is 13.1. The Hall–Kier alpha value is -1.36. The lowest BCUT2D eigenvalue weighted by molar-refractivity contribution is -0.135. The van der Waals surface area contributed by atoms with Gasteiger partial charge in [-0.1, -0.05) is 12.1 Å². The Bertz CT molecular complexity index is 416. The number of amides is 1. The summed E-state index contributed by atoms with van der Waals surface area (Å²) in [6.45, 7) is 9.89. The normalized spacial score (nSPS) is 21.3. The largest absolute Gasteiger partial charge is 0.361 e. The van der Waals surface area contributed by atoms with E-state index in [2.05, 4.69) is 23.9 Å². The van der Waals surface area contributed by atoms with Crippen LogP contribution in [0.1, 0.15) is 25.3 Å². The highest BCUT2D eigenvalue weighted by Gasteiger charge is 2.27. The van der Waals surface area contributed by atoms with Crippen LogP contribution in [0.4, 0.5) is 0 Å². The molecule has 5 heteroatoms. The van der Waals surface area contributed by atoms with E-state index in [1.165, 1.54) is 0 Å². The van der Waals surface area contributed by atoms with Crippen molar-refractivity contribution in [3.05, 3.63) is 17.5 Å². The summed E-state index contributed by atoms with van der Waals surface area (Å²) in [6, 6.07) is 2.10. The zero-order valence-corrected chi connectivity index (χ0v) is 11.3. The molecule has 0 aliphatic carbocycles. The molecule has 1 saturated heterocycles. The monoisotopic (exact) mass is 251 g/mol. The lowest BCUT2D eigenvalue weighted by Crippen LogP contribution is -2.54. The number of hydrogen-bond acceptors (Lipinski definition) is 4. The van der Waals surface area contributed by atoms with Gasteiger partial charge in [0.15, 0.2) is 0 Å². The first kappa shape index (κ1) is 13.1. The third kappa shape index (κ3) is 2.90. The van der Waals surface area contributed by atoms with E-state index in [4.69, 9.17) is 4.52 Å². The van der Waals surface area contributed by atoms with Crippen molar-refractivity contribution in [2.45, 2.75) is 33.2 Å². The molecule has 5 nitrogen and oxygen atoms in total. The number of aryl methyl sites for hydroxylation is 1. The van der Waals surface area contributed by atoms with Crippen molar-refractivity contribution in [3.8, 4) is 0 Å². The standard InChI is InChI=1S/C13H21N3O2/c1-4-15-5-6-16(11(3)9-15)13(17)8-12-7-10(2)14-18-12/h7,11H,4-6,8-9H2,1-3H3. The minimum atomic E-state index is 0.134. The second kappa shape index (κ2) is 5.52. The Morgan fingerprint density at radius 2 is 2.33 bits per heavy atom. The van der Waals surface area contributed by atoms with Crippen LogP contribution >= 0.6 is 0 Å². The van der Waals surface area contributed by atoms with E-state index >= 15 is 0 Å². The first-order chi connectivity index (χ1) is 8.60. The molecule has 0 saturated carbocycles. The number of piperazine rings is 1. The minimum absolute atomic E-state index is 0.134. The molecule has 0 spiro atoms. The first-order valence-corrected chi connectivity index (χ1v) is 6.54. The lowest BCUT2D eigenvalue weighted by atomic mass is 10.1. The number of carbonyl (C=O) groups excluding carboxylic acids is 1. The summed E-state index contributed by atoms with van der Waals surface area (Å²) in [7, 11) is 0. The molecule has 2 heterocycles. The Morgan fingerprint density at radius 1 is 1.56 bits per heavy atom. The summed E-state index contributed by atoms with van der Waals surface area (Å²) >= 11 is 0. The topological polar surface area (TPSA) is 49.6 Å². The van der Waals surface area contributed by atoms with Gasteiger partial charge in [0.25, 0.3) is 0 Å². The highest BCUT2D eigenvalue weighted by Crippen LogP contribution is 2.12. The van der Waals surface area contributed by atoms with Crippen molar-refractivity contribution in [2.24, 2.45) is 0 Å². The predicted octanol–water partition coefficient (Wildman–Crippen LogP) is 1.08. The van der Waals surface area contributed by atoms with Crippen LogP contribution in [0.25, 0.3) is 0 Å². The van der Waals surface area contributed by atoms with Gasteiger partial charge in [-0.05, 0) is 20.4 Å². The molecule has 18 heavy (non-hydrogen) atoms. The van der Waals surface area contributed by atoms with E-state index < -0.39 is 0 Å². The Labute approximate surface area is 108 Å². The van der Waals surface area contributed by atoms with Crippen molar-refractivity contribution in [2.75, 3.05) is 26.2 Å². The highest BCUT2D eigenvalue weighted by molar-refractivity contribution is 5.78. The van der Waals surface area contributed by atoms with E-state index in [0.717, 1.165) is 31.9 Å². The molecule has 2 rings (SSSR count). The van der Waals surface area contributed by atoms with Crippen LogP contribution in [-0.2, 0) is 11.2 Å². The molecule has 1 fully saturated rings. The number of aromatic nitrogens is 1. The molecule has 1 aromatic heterocycles. The maximum atomic E-state index is 12.2. The van der Waals surface area contributed by atoms with Gasteiger partial charge in [-0.2, -0.15) is 0 Å². The molecule has 0 radical (unpaired) electrons. The van der Waals surface area contributed by atoms with Crippen LogP contribution in [0.5, 0.6) is 0 Å². The first-order valence-electron chi connectivity index (χ1n) is 6.54. The molecule has 0 bridgehead atoms. The van der Waals surface area contributed by atoms with Crippen LogP contribution in [-0.4, -0.2) is 53.1 Å². The maximum Gasteiger partial charge on any atom is 0.230 e. The second-order valence-electron chi connectivity index (χ2n) is 4.94. The smallest absolute Gasteiger partial charge is 0.230 e. The van der Waals surface area contributed by atoms with E-state index in [9.17, 15) is 4.79 Å². The highest BCUT2D eigenvalue weighted by atomic mass is 16.5. The van der Waals surface area contributed by atoms with Gasteiger partial charge in [0.1, 0.15) is 5.76 Å². The number of rotatable bonds is 3. The lowest BCUT2D eigenvalue weighted by Gasteiger charge is -2.39.